The summed E-state index contributed by atoms with van der Waals surface area (Å²) in [6, 6.07) is 4.54. The molecule has 1 aliphatic heterocycles. The van der Waals surface area contributed by atoms with E-state index in [0.717, 1.165) is 37.4 Å². The zero-order valence-corrected chi connectivity index (χ0v) is 12.9. The van der Waals surface area contributed by atoms with Crippen LogP contribution < -0.4 is 5.73 Å². The summed E-state index contributed by atoms with van der Waals surface area (Å²) in [6.07, 6.45) is 1.13. The van der Waals surface area contributed by atoms with Crippen LogP contribution in [0.4, 0.5) is 4.39 Å². The minimum Gasteiger partial charge on any atom is -0.384 e. The lowest BCUT2D eigenvalue weighted by molar-refractivity contribution is 0.276. The van der Waals surface area contributed by atoms with Gasteiger partial charge in [0, 0.05) is 29.2 Å². The van der Waals surface area contributed by atoms with E-state index in [4.69, 9.17) is 11.1 Å². The second-order valence-corrected chi connectivity index (χ2v) is 7.65. The third-order valence-corrected chi connectivity index (χ3v) is 5.06. The quantitative estimate of drug-likeness (QED) is 0.666. The zero-order valence-electron chi connectivity index (χ0n) is 12.1. The average Bonchev–Trinajstić information content (AvgIpc) is 2.53. The molecule has 2 rings (SSSR count). The Bertz CT molecular complexity index is 502. The molecular weight excluding hydrogens is 273 g/mol. The molecule has 0 aromatic heterocycles. The molecule has 0 unspecified atom stereocenters. The van der Waals surface area contributed by atoms with E-state index in [1.807, 2.05) is 11.8 Å². The van der Waals surface area contributed by atoms with E-state index in [0.29, 0.717) is 10.3 Å². The van der Waals surface area contributed by atoms with Crippen LogP contribution in [0, 0.1) is 11.2 Å². The molecule has 1 aliphatic rings. The van der Waals surface area contributed by atoms with Crippen LogP contribution in [0.1, 0.15) is 31.4 Å². The van der Waals surface area contributed by atoms with Gasteiger partial charge in [0.1, 0.15) is 11.7 Å². The van der Waals surface area contributed by atoms with E-state index in [2.05, 4.69) is 18.7 Å². The number of amidine groups is 1. The number of nitrogens with two attached hydrogens (primary N) is 1. The van der Waals surface area contributed by atoms with Gasteiger partial charge in [-0.25, -0.2) is 4.39 Å². The van der Waals surface area contributed by atoms with Crippen molar-refractivity contribution >= 4 is 17.6 Å². The van der Waals surface area contributed by atoms with Gasteiger partial charge in [-0.1, -0.05) is 19.9 Å². The van der Waals surface area contributed by atoms with Crippen LogP contribution in [0.3, 0.4) is 0 Å². The van der Waals surface area contributed by atoms with Crippen LogP contribution in [0.2, 0.25) is 0 Å². The van der Waals surface area contributed by atoms with Gasteiger partial charge in [-0.05, 0) is 30.7 Å². The van der Waals surface area contributed by atoms with Gasteiger partial charge in [0.2, 0.25) is 0 Å². The molecular formula is C15H22FN3S. The summed E-state index contributed by atoms with van der Waals surface area (Å²) in [7, 11) is 0. The molecule has 0 aliphatic carbocycles. The molecule has 1 aromatic rings. The maximum absolute atomic E-state index is 13.3. The summed E-state index contributed by atoms with van der Waals surface area (Å²) >= 11 is 2.00. The van der Waals surface area contributed by atoms with Crippen molar-refractivity contribution in [2.45, 2.75) is 31.6 Å². The Balaban J connectivity index is 2.12. The second-order valence-electron chi connectivity index (χ2n) is 5.85. The second kappa shape index (κ2) is 6.14. The normalized spacial score (nSPS) is 19.6. The van der Waals surface area contributed by atoms with Gasteiger partial charge in [0.25, 0.3) is 0 Å². The topological polar surface area (TPSA) is 53.1 Å². The van der Waals surface area contributed by atoms with Crippen LogP contribution in [-0.4, -0.2) is 34.3 Å². The zero-order chi connectivity index (χ0) is 14.8. The maximum Gasteiger partial charge on any atom is 0.123 e. The summed E-state index contributed by atoms with van der Waals surface area (Å²) in [5, 5.41) is 7.58. The molecule has 1 aromatic carbocycles. The highest BCUT2D eigenvalue weighted by Crippen LogP contribution is 2.31. The molecule has 1 fully saturated rings. The summed E-state index contributed by atoms with van der Waals surface area (Å²) in [4.78, 5) is 2.36. The first kappa shape index (κ1) is 15.3. The summed E-state index contributed by atoms with van der Waals surface area (Å²) in [5.74, 6) is 0.694. The van der Waals surface area contributed by atoms with Gasteiger partial charge in [0.15, 0.2) is 0 Å². The minimum atomic E-state index is -0.341. The molecule has 0 amide bonds. The highest BCUT2D eigenvalue weighted by atomic mass is 32.2. The number of nitrogens with zero attached hydrogens (tertiary/aromatic N) is 1. The van der Waals surface area contributed by atoms with Crippen LogP contribution in [0.15, 0.2) is 18.2 Å². The first-order valence-corrected chi connectivity index (χ1v) is 7.85. The Hall–Kier alpha value is -1.07. The first-order chi connectivity index (χ1) is 9.37. The smallest absolute Gasteiger partial charge is 0.123 e. The highest BCUT2D eigenvalue weighted by molar-refractivity contribution is 8.00. The molecule has 5 heteroatoms. The fourth-order valence-corrected chi connectivity index (χ4v) is 3.54. The Morgan fingerprint density at radius 2 is 2.20 bits per heavy atom. The van der Waals surface area contributed by atoms with Gasteiger partial charge in [0.05, 0.1) is 0 Å². The molecule has 1 saturated heterocycles. The summed E-state index contributed by atoms with van der Waals surface area (Å²) < 4.78 is 13.6. The third kappa shape index (κ3) is 3.96. The molecule has 0 radical (unpaired) electrons. The number of thioether (sulfide) groups is 1. The van der Waals surface area contributed by atoms with E-state index >= 15 is 0 Å². The van der Waals surface area contributed by atoms with Crippen molar-refractivity contribution < 1.29 is 4.39 Å². The Morgan fingerprint density at radius 3 is 2.90 bits per heavy atom. The SMILES string of the molecule is CC1(C)CCN(Cc2ccc(F)cc2C(=N)N)CCS1. The molecule has 0 bridgehead atoms. The number of nitrogens with one attached hydrogen (secondary N) is 1. The van der Waals surface area contributed by atoms with E-state index < -0.39 is 0 Å². The number of hydrogen-bond acceptors (Lipinski definition) is 3. The Morgan fingerprint density at radius 1 is 1.45 bits per heavy atom. The number of rotatable bonds is 3. The summed E-state index contributed by atoms with van der Waals surface area (Å²) in [5.41, 5.74) is 7.01. The fourth-order valence-electron chi connectivity index (χ4n) is 2.40. The van der Waals surface area contributed by atoms with Crippen molar-refractivity contribution in [1.29, 1.82) is 5.41 Å². The number of benzene rings is 1. The molecule has 20 heavy (non-hydrogen) atoms. The van der Waals surface area contributed by atoms with Crippen molar-refractivity contribution in [2.75, 3.05) is 18.8 Å². The van der Waals surface area contributed by atoms with E-state index in [1.165, 1.54) is 12.1 Å². The number of halogens is 1. The molecule has 110 valence electrons. The van der Waals surface area contributed by atoms with E-state index in [9.17, 15) is 4.39 Å². The fraction of sp³-hybridized carbons (Fsp3) is 0.533. The number of nitrogen functional groups attached to an aromatic ring is 1. The lowest BCUT2D eigenvalue weighted by Gasteiger charge is -2.23. The van der Waals surface area contributed by atoms with Crippen LogP contribution in [0.25, 0.3) is 0 Å². The molecule has 3 nitrogen and oxygen atoms in total. The van der Waals surface area contributed by atoms with E-state index in [-0.39, 0.29) is 11.7 Å². The van der Waals surface area contributed by atoms with Crippen LogP contribution in [0.5, 0.6) is 0 Å². The van der Waals surface area contributed by atoms with Gasteiger partial charge in [-0.2, -0.15) is 11.8 Å². The largest absolute Gasteiger partial charge is 0.384 e. The minimum absolute atomic E-state index is 0.0657. The van der Waals surface area contributed by atoms with Crippen LogP contribution >= 0.6 is 11.8 Å². The van der Waals surface area contributed by atoms with Gasteiger partial charge >= 0.3 is 0 Å². The highest BCUT2D eigenvalue weighted by Gasteiger charge is 2.24. The predicted molar refractivity (Wildman–Crippen MR) is 83.8 cm³/mol. The molecule has 3 N–H and O–H groups in total. The predicted octanol–water partition coefficient (Wildman–Crippen LogP) is 2.83. The molecule has 0 atom stereocenters. The Labute approximate surface area is 124 Å². The van der Waals surface area contributed by atoms with Gasteiger partial charge in [-0.3, -0.25) is 10.3 Å². The lowest BCUT2D eigenvalue weighted by Crippen LogP contribution is -2.28. The lowest BCUT2D eigenvalue weighted by atomic mass is 10.0. The third-order valence-electron chi connectivity index (χ3n) is 3.69. The van der Waals surface area contributed by atoms with Crippen molar-refractivity contribution in [3.05, 3.63) is 35.1 Å². The monoisotopic (exact) mass is 295 g/mol. The van der Waals surface area contributed by atoms with Gasteiger partial charge in [-0.15, -0.1) is 0 Å². The molecule has 0 saturated carbocycles. The van der Waals surface area contributed by atoms with Crippen molar-refractivity contribution in [3.63, 3.8) is 0 Å². The van der Waals surface area contributed by atoms with Crippen molar-refractivity contribution in [3.8, 4) is 0 Å². The Kier molecular flexibility index (Phi) is 4.70. The molecule has 1 heterocycles. The van der Waals surface area contributed by atoms with Gasteiger partial charge < -0.3 is 5.73 Å². The maximum atomic E-state index is 13.3. The van der Waals surface area contributed by atoms with E-state index in [1.54, 1.807) is 6.07 Å². The van der Waals surface area contributed by atoms with Crippen molar-refractivity contribution in [1.82, 2.24) is 4.90 Å². The van der Waals surface area contributed by atoms with Crippen molar-refractivity contribution in [2.24, 2.45) is 5.73 Å². The number of hydrogen-bond donors (Lipinski definition) is 2. The summed E-state index contributed by atoms with van der Waals surface area (Å²) in [6.45, 7) is 7.32. The first-order valence-electron chi connectivity index (χ1n) is 6.86. The average molecular weight is 295 g/mol. The molecule has 0 spiro atoms. The standard InChI is InChI=1S/C15H22FN3S/c1-15(2)5-6-19(7-8-20-15)10-11-3-4-12(16)9-13(11)14(17)18/h3-4,9H,5-8,10H2,1-2H3,(H3,17,18). The van der Waals surface area contributed by atoms with Crippen LogP contribution in [-0.2, 0) is 6.54 Å².